The van der Waals surface area contributed by atoms with E-state index in [2.05, 4.69) is 15.2 Å². The number of ether oxygens (including phenoxy) is 1. The monoisotopic (exact) mass is 268 g/mol. The summed E-state index contributed by atoms with van der Waals surface area (Å²) in [5, 5.41) is 18.0. The van der Waals surface area contributed by atoms with Gasteiger partial charge in [-0.05, 0) is 20.3 Å². The van der Waals surface area contributed by atoms with Gasteiger partial charge in [0.15, 0.2) is 0 Å². The minimum atomic E-state index is -0.618. The molecule has 0 aromatic carbocycles. The first-order valence-corrected chi connectivity index (χ1v) is 6.73. The van der Waals surface area contributed by atoms with E-state index in [1.54, 1.807) is 11.8 Å². The van der Waals surface area contributed by atoms with E-state index in [0.717, 1.165) is 31.7 Å². The van der Waals surface area contributed by atoms with E-state index >= 15 is 0 Å². The van der Waals surface area contributed by atoms with Crippen molar-refractivity contribution in [2.75, 3.05) is 26.7 Å². The lowest BCUT2D eigenvalue weighted by atomic mass is 10.0. The summed E-state index contributed by atoms with van der Waals surface area (Å²) in [5.41, 5.74) is 0.368. The molecule has 1 aromatic heterocycles. The fourth-order valence-corrected chi connectivity index (χ4v) is 2.52. The first-order valence-electron chi connectivity index (χ1n) is 6.73. The lowest BCUT2D eigenvalue weighted by Gasteiger charge is -2.22. The van der Waals surface area contributed by atoms with Crippen LogP contribution in [0.15, 0.2) is 6.20 Å². The first kappa shape index (κ1) is 14.4. The molecule has 0 spiro atoms. The number of hydrogen-bond donors (Lipinski definition) is 1. The number of aryl methyl sites for hydroxylation is 1. The summed E-state index contributed by atoms with van der Waals surface area (Å²) in [6.45, 7) is 6.36. The van der Waals surface area contributed by atoms with E-state index < -0.39 is 5.60 Å². The number of likely N-dealkylation sites (tertiary alicyclic amines) is 1. The van der Waals surface area contributed by atoms with Crippen LogP contribution in [-0.2, 0) is 11.8 Å². The van der Waals surface area contributed by atoms with Crippen LogP contribution in [0.4, 0.5) is 0 Å². The van der Waals surface area contributed by atoms with Crippen LogP contribution in [0.2, 0.25) is 0 Å². The van der Waals surface area contributed by atoms with Crippen LogP contribution < -0.4 is 0 Å². The fraction of sp³-hybridized carbons (Fsp3) is 0.846. The number of nitrogens with zero attached hydrogens (tertiary/aromatic N) is 4. The Morgan fingerprint density at radius 2 is 2.21 bits per heavy atom. The molecule has 1 N–H and O–H groups in total. The van der Waals surface area contributed by atoms with Gasteiger partial charge in [0.2, 0.25) is 0 Å². The molecular formula is C13H24N4O2. The molecule has 0 unspecified atom stereocenters. The molecule has 1 aliphatic rings. The lowest BCUT2D eigenvalue weighted by molar-refractivity contribution is 0.0561. The molecule has 0 bridgehead atoms. The van der Waals surface area contributed by atoms with Gasteiger partial charge in [-0.3, -0.25) is 9.58 Å². The van der Waals surface area contributed by atoms with Crippen LogP contribution in [0, 0.1) is 0 Å². The number of aliphatic hydroxyl groups is 1. The Morgan fingerprint density at radius 1 is 1.47 bits per heavy atom. The van der Waals surface area contributed by atoms with Crippen molar-refractivity contribution in [2.45, 2.75) is 37.9 Å². The predicted octanol–water partition coefficient (Wildman–Crippen LogP) is 0.390. The molecule has 1 fully saturated rings. The second-order valence-electron chi connectivity index (χ2n) is 6.02. The molecule has 1 saturated heterocycles. The SMILES string of the molecule is CO[C@@H]1CN(CCC(C)(C)O)C[C@H]1c1cn(C)nn1. The Bertz CT molecular complexity index is 413. The van der Waals surface area contributed by atoms with Crippen molar-refractivity contribution in [1.82, 2.24) is 19.9 Å². The smallest absolute Gasteiger partial charge is 0.0897 e. The second-order valence-corrected chi connectivity index (χ2v) is 6.02. The van der Waals surface area contributed by atoms with Gasteiger partial charge in [-0.1, -0.05) is 5.21 Å². The van der Waals surface area contributed by atoms with E-state index in [4.69, 9.17) is 4.74 Å². The van der Waals surface area contributed by atoms with Crippen molar-refractivity contribution in [3.8, 4) is 0 Å². The molecule has 19 heavy (non-hydrogen) atoms. The lowest BCUT2D eigenvalue weighted by Crippen LogP contribution is -2.30. The van der Waals surface area contributed by atoms with Crippen LogP contribution in [0.25, 0.3) is 0 Å². The molecule has 2 heterocycles. The maximum absolute atomic E-state index is 9.80. The number of aromatic nitrogens is 3. The third-order valence-corrected chi connectivity index (χ3v) is 3.68. The summed E-state index contributed by atoms with van der Waals surface area (Å²) >= 11 is 0. The highest BCUT2D eigenvalue weighted by Gasteiger charge is 2.35. The van der Waals surface area contributed by atoms with Gasteiger partial charge in [-0.25, -0.2) is 0 Å². The molecule has 6 nitrogen and oxygen atoms in total. The average molecular weight is 268 g/mol. The quantitative estimate of drug-likeness (QED) is 0.837. The number of rotatable bonds is 5. The van der Waals surface area contributed by atoms with Gasteiger partial charge in [0, 0.05) is 45.9 Å². The standard InChI is InChI=1S/C13H24N4O2/c1-13(2,18)5-6-17-7-10(12(9-17)19-4)11-8-16(3)15-14-11/h8,10,12,18H,5-7,9H2,1-4H3/t10-,12+/m0/s1. The summed E-state index contributed by atoms with van der Waals surface area (Å²) in [6.07, 6.45) is 2.87. The van der Waals surface area contributed by atoms with Crippen LogP contribution in [0.3, 0.4) is 0 Å². The molecule has 0 radical (unpaired) electrons. The molecule has 1 aliphatic heterocycles. The number of hydrogen-bond acceptors (Lipinski definition) is 5. The van der Waals surface area contributed by atoms with Crippen molar-refractivity contribution < 1.29 is 9.84 Å². The predicted molar refractivity (Wildman–Crippen MR) is 71.9 cm³/mol. The fourth-order valence-electron chi connectivity index (χ4n) is 2.52. The van der Waals surface area contributed by atoms with E-state index in [1.165, 1.54) is 0 Å². The van der Waals surface area contributed by atoms with Crippen LogP contribution >= 0.6 is 0 Å². The maximum atomic E-state index is 9.80. The van der Waals surface area contributed by atoms with Crippen molar-refractivity contribution in [1.29, 1.82) is 0 Å². The Balaban J connectivity index is 1.98. The maximum Gasteiger partial charge on any atom is 0.0897 e. The van der Waals surface area contributed by atoms with Crippen molar-refractivity contribution in [3.63, 3.8) is 0 Å². The molecule has 108 valence electrons. The minimum Gasteiger partial charge on any atom is -0.390 e. The molecule has 0 aliphatic carbocycles. The highest BCUT2D eigenvalue weighted by Crippen LogP contribution is 2.28. The summed E-state index contributed by atoms with van der Waals surface area (Å²) in [4.78, 5) is 2.32. The first-order chi connectivity index (χ1) is 8.89. The zero-order valence-corrected chi connectivity index (χ0v) is 12.2. The van der Waals surface area contributed by atoms with Gasteiger partial charge < -0.3 is 9.84 Å². The second kappa shape index (κ2) is 5.56. The van der Waals surface area contributed by atoms with E-state index in [1.807, 2.05) is 27.1 Å². The van der Waals surface area contributed by atoms with Crippen LogP contribution in [0.5, 0.6) is 0 Å². The summed E-state index contributed by atoms with van der Waals surface area (Å²) in [5.74, 6) is 0.264. The Morgan fingerprint density at radius 3 is 2.74 bits per heavy atom. The topological polar surface area (TPSA) is 63.4 Å². The zero-order valence-electron chi connectivity index (χ0n) is 12.2. The molecule has 2 atom stereocenters. The average Bonchev–Trinajstić information content (AvgIpc) is 2.91. The molecule has 1 aromatic rings. The highest BCUT2D eigenvalue weighted by atomic mass is 16.5. The summed E-state index contributed by atoms with van der Waals surface area (Å²) in [7, 11) is 3.62. The molecule has 0 saturated carbocycles. The van der Waals surface area contributed by atoms with E-state index in [0.29, 0.717) is 0 Å². The van der Waals surface area contributed by atoms with Crippen LogP contribution in [-0.4, -0.2) is 63.4 Å². The van der Waals surface area contributed by atoms with Gasteiger partial charge in [0.25, 0.3) is 0 Å². The van der Waals surface area contributed by atoms with Gasteiger partial charge in [0.05, 0.1) is 17.4 Å². The minimum absolute atomic E-state index is 0.151. The molecular weight excluding hydrogens is 244 g/mol. The van der Waals surface area contributed by atoms with Crippen molar-refractivity contribution in [2.24, 2.45) is 7.05 Å². The highest BCUT2D eigenvalue weighted by molar-refractivity contribution is 5.10. The van der Waals surface area contributed by atoms with Crippen LogP contribution in [0.1, 0.15) is 31.9 Å². The number of methoxy groups -OCH3 is 1. The summed E-state index contributed by atoms with van der Waals surface area (Å²) < 4.78 is 7.29. The Hall–Kier alpha value is -0.980. The Kier molecular flexibility index (Phi) is 4.23. The van der Waals surface area contributed by atoms with Gasteiger partial charge in [-0.15, -0.1) is 5.10 Å². The third-order valence-electron chi connectivity index (χ3n) is 3.68. The molecule has 2 rings (SSSR count). The molecule has 0 amide bonds. The zero-order chi connectivity index (χ0) is 14.0. The largest absolute Gasteiger partial charge is 0.390 e. The normalized spacial score (nSPS) is 25.1. The third kappa shape index (κ3) is 3.75. The van der Waals surface area contributed by atoms with E-state index in [9.17, 15) is 5.11 Å². The summed E-state index contributed by atoms with van der Waals surface area (Å²) in [6, 6.07) is 0. The van der Waals surface area contributed by atoms with E-state index in [-0.39, 0.29) is 12.0 Å². The van der Waals surface area contributed by atoms with Crippen molar-refractivity contribution >= 4 is 0 Å². The molecule has 6 heteroatoms. The van der Waals surface area contributed by atoms with Crippen molar-refractivity contribution in [3.05, 3.63) is 11.9 Å². The Labute approximate surface area is 114 Å². The van der Waals surface area contributed by atoms with Gasteiger partial charge in [-0.2, -0.15) is 0 Å². The van der Waals surface area contributed by atoms with Gasteiger partial charge >= 0.3 is 0 Å². The van der Waals surface area contributed by atoms with Gasteiger partial charge in [0.1, 0.15) is 0 Å².